The standard InChI is InChI=1S/C37H33NO4/c1-2-3-4-14-21-31-22-23-32-34(40-25-28-15-8-5-9-16-28)24-33(37(39)42-27-30-19-12-7-13-20-30)38-35(32)36(31)41-26-29-17-10-6-11-18-29/h5-13,15-20,22-24H,2-4,25-27H2,1H3. The Kier molecular flexibility index (Phi) is 9.84. The smallest absolute Gasteiger partial charge is 0.357 e. The predicted molar refractivity (Wildman–Crippen MR) is 165 cm³/mol. The molecular formula is C37H33NO4. The topological polar surface area (TPSA) is 57.7 Å². The number of esters is 1. The van der Waals surface area contributed by atoms with Crippen LogP contribution in [0.4, 0.5) is 0 Å². The minimum Gasteiger partial charge on any atom is -0.488 e. The van der Waals surface area contributed by atoms with E-state index in [0.717, 1.165) is 41.3 Å². The van der Waals surface area contributed by atoms with Gasteiger partial charge < -0.3 is 14.2 Å². The van der Waals surface area contributed by atoms with Crippen molar-refractivity contribution in [2.24, 2.45) is 0 Å². The van der Waals surface area contributed by atoms with Crippen LogP contribution in [0.2, 0.25) is 0 Å². The summed E-state index contributed by atoms with van der Waals surface area (Å²) in [7, 11) is 0. The number of pyridine rings is 1. The summed E-state index contributed by atoms with van der Waals surface area (Å²) in [6.07, 6.45) is 2.88. The summed E-state index contributed by atoms with van der Waals surface area (Å²) in [5.41, 5.74) is 4.27. The van der Waals surface area contributed by atoms with Gasteiger partial charge in [0.05, 0.1) is 5.56 Å². The molecule has 0 saturated carbocycles. The summed E-state index contributed by atoms with van der Waals surface area (Å²) in [4.78, 5) is 18.1. The highest BCUT2D eigenvalue weighted by Gasteiger charge is 2.19. The lowest BCUT2D eigenvalue weighted by Gasteiger charge is -2.16. The molecule has 0 amide bonds. The first-order chi connectivity index (χ1) is 20.7. The molecule has 0 aliphatic carbocycles. The van der Waals surface area contributed by atoms with Crippen molar-refractivity contribution in [1.82, 2.24) is 4.98 Å². The van der Waals surface area contributed by atoms with E-state index >= 15 is 0 Å². The van der Waals surface area contributed by atoms with Crippen LogP contribution in [0.15, 0.2) is 109 Å². The van der Waals surface area contributed by atoms with E-state index in [9.17, 15) is 4.79 Å². The quantitative estimate of drug-likeness (QED) is 0.0932. The summed E-state index contributed by atoms with van der Waals surface area (Å²) in [5, 5.41) is 0.729. The largest absolute Gasteiger partial charge is 0.488 e. The van der Waals surface area contributed by atoms with Crippen molar-refractivity contribution in [2.45, 2.75) is 46.0 Å². The lowest BCUT2D eigenvalue weighted by Crippen LogP contribution is -2.09. The number of unbranched alkanes of at least 4 members (excludes halogenated alkanes) is 2. The van der Waals surface area contributed by atoms with Crippen LogP contribution >= 0.6 is 0 Å². The second-order valence-electron chi connectivity index (χ2n) is 9.86. The number of benzene rings is 4. The molecule has 5 aromatic rings. The molecule has 0 saturated heterocycles. The summed E-state index contributed by atoms with van der Waals surface area (Å²) in [6.45, 7) is 2.94. The van der Waals surface area contributed by atoms with Gasteiger partial charge in [0.25, 0.3) is 0 Å². The Morgan fingerprint density at radius 2 is 1.33 bits per heavy atom. The molecular weight excluding hydrogens is 522 g/mol. The third kappa shape index (κ3) is 7.56. The van der Waals surface area contributed by atoms with E-state index in [1.807, 2.05) is 103 Å². The molecule has 5 heteroatoms. The maximum atomic E-state index is 13.3. The van der Waals surface area contributed by atoms with Gasteiger partial charge in [0, 0.05) is 17.9 Å². The normalized spacial score (nSPS) is 10.5. The Labute approximate surface area is 247 Å². The first kappa shape index (κ1) is 28.4. The van der Waals surface area contributed by atoms with Crippen molar-refractivity contribution in [2.75, 3.05) is 0 Å². The first-order valence-corrected chi connectivity index (χ1v) is 14.2. The zero-order chi connectivity index (χ0) is 29.0. The molecule has 0 N–H and O–H groups in total. The van der Waals surface area contributed by atoms with Gasteiger partial charge in [-0.2, -0.15) is 0 Å². The molecule has 1 aromatic heterocycles. The average Bonchev–Trinajstić information content (AvgIpc) is 3.05. The third-order valence-corrected chi connectivity index (χ3v) is 6.66. The van der Waals surface area contributed by atoms with Crippen LogP contribution in [0.5, 0.6) is 11.5 Å². The SMILES string of the molecule is CCCCC#Cc1ccc2c(OCc3ccccc3)cc(C(=O)OCc3ccccc3)nc2c1OCc1ccccc1. The van der Waals surface area contributed by atoms with Crippen LogP contribution in [-0.4, -0.2) is 11.0 Å². The number of fused-ring (bicyclic) bond motifs is 1. The van der Waals surface area contributed by atoms with Crippen LogP contribution in [0, 0.1) is 11.8 Å². The van der Waals surface area contributed by atoms with Crippen molar-refractivity contribution in [3.05, 3.63) is 137 Å². The minimum absolute atomic E-state index is 0.139. The van der Waals surface area contributed by atoms with Crippen LogP contribution in [-0.2, 0) is 24.6 Å². The van der Waals surface area contributed by atoms with Gasteiger partial charge in [-0.15, -0.1) is 0 Å². The van der Waals surface area contributed by atoms with Gasteiger partial charge in [0.2, 0.25) is 0 Å². The number of hydrogen-bond donors (Lipinski definition) is 0. The van der Waals surface area contributed by atoms with Crippen LogP contribution < -0.4 is 9.47 Å². The Morgan fingerprint density at radius 3 is 1.95 bits per heavy atom. The van der Waals surface area contributed by atoms with E-state index in [-0.39, 0.29) is 12.3 Å². The molecule has 0 aliphatic heterocycles. The van der Waals surface area contributed by atoms with Gasteiger partial charge in [0.1, 0.15) is 31.1 Å². The number of nitrogens with zero attached hydrogens (tertiary/aromatic N) is 1. The summed E-state index contributed by atoms with van der Waals surface area (Å²) < 4.78 is 18.3. The molecule has 0 unspecified atom stereocenters. The molecule has 210 valence electrons. The highest BCUT2D eigenvalue weighted by molar-refractivity contribution is 5.97. The van der Waals surface area contributed by atoms with Gasteiger partial charge >= 0.3 is 5.97 Å². The van der Waals surface area contributed by atoms with Crippen molar-refractivity contribution in [3.63, 3.8) is 0 Å². The molecule has 42 heavy (non-hydrogen) atoms. The minimum atomic E-state index is -0.543. The van der Waals surface area contributed by atoms with Gasteiger partial charge in [0.15, 0.2) is 11.4 Å². The highest BCUT2D eigenvalue weighted by Crippen LogP contribution is 2.35. The molecule has 1 heterocycles. The van der Waals surface area contributed by atoms with Crippen LogP contribution in [0.1, 0.15) is 58.9 Å². The Morgan fingerprint density at radius 1 is 0.738 bits per heavy atom. The maximum Gasteiger partial charge on any atom is 0.357 e. The molecule has 0 bridgehead atoms. The molecule has 0 atom stereocenters. The van der Waals surface area contributed by atoms with Crippen molar-refractivity contribution in [1.29, 1.82) is 0 Å². The zero-order valence-corrected chi connectivity index (χ0v) is 23.7. The van der Waals surface area contributed by atoms with Crippen molar-refractivity contribution >= 4 is 16.9 Å². The third-order valence-electron chi connectivity index (χ3n) is 6.66. The van der Waals surface area contributed by atoms with Crippen LogP contribution in [0.3, 0.4) is 0 Å². The number of ether oxygens (including phenoxy) is 3. The Bertz CT molecular complexity index is 1670. The second kappa shape index (κ2) is 14.5. The van der Waals surface area contributed by atoms with Crippen molar-refractivity contribution in [3.8, 4) is 23.3 Å². The fourth-order valence-corrected chi connectivity index (χ4v) is 4.39. The Balaban J connectivity index is 1.56. The molecule has 5 nitrogen and oxygen atoms in total. The van der Waals surface area contributed by atoms with E-state index in [1.54, 1.807) is 6.07 Å². The molecule has 5 rings (SSSR count). The first-order valence-electron chi connectivity index (χ1n) is 14.2. The zero-order valence-electron chi connectivity index (χ0n) is 23.7. The lowest BCUT2D eigenvalue weighted by atomic mass is 10.1. The average molecular weight is 556 g/mol. The molecule has 0 spiro atoms. The monoisotopic (exact) mass is 555 g/mol. The van der Waals surface area contributed by atoms with Crippen LogP contribution in [0.25, 0.3) is 10.9 Å². The number of rotatable bonds is 11. The number of aromatic nitrogens is 1. The fourth-order valence-electron chi connectivity index (χ4n) is 4.39. The summed E-state index contributed by atoms with van der Waals surface area (Å²) in [5.74, 6) is 7.03. The van der Waals surface area contributed by atoms with E-state index in [2.05, 4.69) is 18.8 Å². The van der Waals surface area contributed by atoms with E-state index in [1.165, 1.54) is 0 Å². The molecule has 4 aromatic carbocycles. The molecule has 0 radical (unpaired) electrons. The van der Waals surface area contributed by atoms with Gasteiger partial charge in [-0.05, 0) is 35.2 Å². The second-order valence-corrected chi connectivity index (χ2v) is 9.86. The summed E-state index contributed by atoms with van der Waals surface area (Å²) >= 11 is 0. The molecule has 0 aliphatic rings. The Hall–Kier alpha value is -5.08. The molecule has 0 fully saturated rings. The van der Waals surface area contributed by atoms with E-state index in [4.69, 9.17) is 19.2 Å². The van der Waals surface area contributed by atoms with Gasteiger partial charge in [-0.1, -0.05) is 116 Å². The lowest BCUT2D eigenvalue weighted by molar-refractivity contribution is 0.0465. The number of carbonyl (C=O) groups is 1. The van der Waals surface area contributed by atoms with E-state index < -0.39 is 5.97 Å². The number of hydrogen-bond acceptors (Lipinski definition) is 5. The van der Waals surface area contributed by atoms with Gasteiger partial charge in [-0.3, -0.25) is 0 Å². The fraction of sp³-hybridized carbons (Fsp3) is 0.189. The number of carbonyl (C=O) groups excluding carboxylic acids is 1. The summed E-state index contributed by atoms with van der Waals surface area (Å²) in [6, 6.07) is 34.9. The predicted octanol–water partition coefficient (Wildman–Crippen LogP) is 8.29. The van der Waals surface area contributed by atoms with E-state index in [0.29, 0.717) is 35.8 Å². The van der Waals surface area contributed by atoms with Crippen molar-refractivity contribution < 1.29 is 19.0 Å². The van der Waals surface area contributed by atoms with Gasteiger partial charge in [-0.25, -0.2) is 9.78 Å². The highest BCUT2D eigenvalue weighted by atomic mass is 16.5. The maximum absolute atomic E-state index is 13.3.